The van der Waals surface area contributed by atoms with E-state index in [1.807, 2.05) is 27.7 Å². The van der Waals surface area contributed by atoms with Gasteiger partial charge in [-0.05, 0) is 31.1 Å². The molecule has 2 atom stereocenters. The fraction of sp³-hybridized carbons (Fsp3) is 0.875. The van der Waals surface area contributed by atoms with E-state index < -0.39 is 6.04 Å². The van der Waals surface area contributed by atoms with Crippen LogP contribution in [-0.2, 0) is 14.3 Å². The van der Waals surface area contributed by atoms with Crippen molar-refractivity contribution in [2.24, 2.45) is 5.41 Å². The van der Waals surface area contributed by atoms with Crippen molar-refractivity contribution in [1.82, 2.24) is 10.2 Å². The summed E-state index contributed by atoms with van der Waals surface area (Å²) in [6, 6.07) is -0.828. The number of methoxy groups -OCH3 is 1. The largest absolute Gasteiger partial charge is 0.376 e. The molecule has 0 radical (unpaired) electrons. The van der Waals surface area contributed by atoms with Gasteiger partial charge in [-0.2, -0.15) is 0 Å². The molecule has 0 bridgehead atoms. The number of carbonyl (C=O) groups is 2. The maximum Gasteiger partial charge on any atom is 0.246 e. The molecule has 120 valence electrons. The van der Waals surface area contributed by atoms with Gasteiger partial charge in [-0.25, -0.2) is 0 Å². The standard InChI is InChI=1S/C16H28N2O3/c1-6-11-13(19)17-12(15(2,3)4)14(20)18(11)10-16(21-5)8-7-9-16/h11-12H,6-10H2,1-5H3,(H,17,19). The topological polar surface area (TPSA) is 58.6 Å². The normalized spacial score (nSPS) is 29.1. The summed E-state index contributed by atoms with van der Waals surface area (Å²) in [5, 5.41) is 2.91. The smallest absolute Gasteiger partial charge is 0.246 e. The Bertz CT molecular complexity index is 418. The lowest BCUT2D eigenvalue weighted by molar-refractivity contribution is -0.162. The van der Waals surface area contributed by atoms with Crippen LogP contribution in [0.15, 0.2) is 0 Å². The molecule has 0 aromatic heterocycles. The van der Waals surface area contributed by atoms with Gasteiger partial charge in [-0.15, -0.1) is 0 Å². The monoisotopic (exact) mass is 296 g/mol. The fourth-order valence-corrected chi connectivity index (χ4v) is 3.25. The van der Waals surface area contributed by atoms with Crippen molar-refractivity contribution < 1.29 is 14.3 Å². The average molecular weight is 296 g/mol. The highest BCUT2D eigenvalue weighted by atomic mass is 16.5. The van der Waals surface area contributed by atoms with Crippen molar-refractivity contribution in [1.29, 1.82) is 0 Å². The summed E-state index contributed by atoms with van der Waals surface area (Å²) >= 11 is 0. The number of carbonyl (C=O) groups excluding carboxylic acids is 2. The predicted molar refractivity (Wildman–Crippen MR) is 80.8 cm³/mol. The van der Waals surface area contributed by atoms with Crippen LogP contribution in [0.3, 0.4) is 0 Å². The summed E-state index contributed by atoms with van der Waals surface area (Å²) in [5.41, 5.74) is -0.535. The van der Waals surface area contributed by atoms with Crippen molar-refractivity contribution in [2.75, 3.05) is 13.7 Å². The van der Waals surface area contributed by atoms with E-state index in [4.69, 9.17) is 4.74 Å². The van der Waals surface area contributed by atoms with Crippen LogP contribution in [-0.4, -0.2) is 48.1 Å². The quantitative estimate of drug-likeness (QED) is 0.859. The first-order valence-electron chi connectivity index (χ1n) is 7.90. The van der Waals surface area contributed by atoms with Gasteiger partial charge in [0.05, 0.1) is 12.1 Å². The van der Waals surface area contributed by atoms with E-state index in [1.165, 1.54) is 0 Å². The molecule has 1 saturated heterocycles. The third-order valence-corrected chi connectivity index (χ3v) is 4.90. The molecule has 1 aliphatic heterocycles. The minimum atomic E-state index is -0.457. The van der Waals surface area contributed by atoms with E-state index in [2.05, 4.69) is 5.32 Å². The summed E-state index contributed by atoms with van der Waals surface area (Å²) in [7, 11) is 1.70. The van der Waals surface area contributed by atoms with Gasteiger partial charge < -0.3 is 15.0 Å². The molecule has 21 heavy (non-hydrogen) atoms. The van der Waals surface area contributed by atoms with Crippen LogP contribution in [0.5, 0.6) is 0 Å². The highest BCUT2D eigenvalue weighted by molar-refractivity contribution is 5.97. The first-order chi connectivity index (χ1) is 9.74. The number of piperazine rings is 1. The van der Waals surface area contributed by atoms with Crippen LogP contribution < -0.4 is 5.32 Å². The molecule has 2 amide bonds. The number of ether oxygens (including phenoxy) is 1. The minimum absolute atomic E-state index is 0.0253. The van der Waals surface area contributed by atoms with E-state index in [1.54, 1.807) is 12.0 Å². The minimum Gasteiger partial charge on any atom is -0.376 e. The third kappa shape index (κ3) is 2.93. The Labute approximate surface area is 127 Å². The molecule has 2 unspecified atom stereocenters. The Morgan fingerprint density at radius 1 is 1.33 bits per heavy atom. The number of hydrogen-bond donors (Lipinski definition) is 1. The van der Waals surface area contributed by atoms with E-state index >= 15 is 0 Å². The molecular weight excluding hydrogens is 268 g/mol. The second-order valence-corrected chi connectivity index (χ2v) is 7.44. The number of nitrogens with one attached hydrogen (secondary N) is 1. The highest BCUT2D eigenvalue weighted by Crippen LogP contribution is 2.37. The van der Waals surface area contributed by atoms with Crippen molar-refractivity contribution in [3.63, 3.8) is 0 Å². The molecule has 2 fully saturated rings. The molecule has 1 N–H and O–H groups in total. The van der Waals surface area contributed by atoms with Gasteiger partial charge in [-0.3, -0.25) is 9.59 Å². The molecular formula is C16H28N2O3. The summed E-state index contributed by atoms with van der Waals surface area (Å²) in [4.78, 5) is 27.0. The van der Waals surface area contributed by atoms with Gasteiger partial charge in [0, 0.05) is 7.11 Å². The summed E-state index contributed by atoms with van der Waals surface area (Å²) in [6.45, 7) is 8.42. The molecule has 0 aromatic carbocycles. The Morgan fingerprint density at radius 2 is 1.95 bits per heavy atom. The summed E-state index contributed by atoms with van der Waals surface area (Å²) in [5.74, 6) is -0.0140. The summed E-state index contributed by atoms with van der Waals surface area (Å²) < 4.78 is 5.65. The molecule has 0 spiro atoms. The predicted octanol–water partition coefficient (Wildman–Crippen LogP) is 1.71. The Kier molecular flexibility index (Phi) is 4.34. The summed E-state index contributed by atoms with van der Waals surface area (Å²) in [6.07, 6.45) is 3.69. The number of nitrogens with zero attached hydrogens (tertiary/aromatic N) is 1. The zero-order chi connectivity index (χ0) is 15.8. The molecule has 2 rings (SSSR count). The molecule has 1 saturated carbocycles. The van der Waals surface area contributed by atoms with E-state index in [-0.39, 0.29) is 28.9 Å². The van der Waals surface area contributed by atoms with Gasteiger partial charge in [0.1, 0.15) is 12.1 Å². The molecule has 5 heteroatoms. The lowest BCUT2D eigenvalue weighted by Gasteiger charge is -2.49. The van der Waals surface area contributed by atoms with Crippen molar-refractivity contribution in [3.05, 3.63) is 0 Å². The lowest BCUT2D eigenvalue weighted by Crippen LogP contribution is -2.69. The Hall–Kier alpha value is -1.10. The van der Waals surface area contributed by atoms with Crippen molar-refractivity contribution >= 4 is 11.8 Å². The van der Waals surface area contributed by atoms with E-state index in [0.717, 1.165) is 19.3 Å². The van der Waals surface area contributed by atoms with Gasteiger partial charge in [0.2, 0.25) is 11.8 Å². The third-order valence-electron chi connectivity index (χ3n) is 4.90. The fourth-order valence-electron chi connectivity index (χ4n) is 3.25. The van der Waals surface area contributed by atoms with Gasteiger partial charge >= 0.3 is 0 Å². The van der Waals surface area contributed by atoms with Crippen molar-refractivity contribution in [3.8, 4) is 0 Å². The second-order valence-electron chi connectivity index (χ2n) is 7.44. The first kappa shape index (κ1) is 16.3. The maximum absolute atomic E-state index is 12.9. The van der Waals surface area contributed by atoms with Crippen LogP contribution in [0.4, 0.5) is 0 Å². The van der Waals surface area contributed by atoms with Crippen LogP contribution in [0.1, 0.15) is 53.4 Å². The average Bonchev–Trinajstić information content (AvgIpc) is 2.36. The molecule has 2 aliphatic rings. The van der Waals surface area contributed by atoms with Gasteiger partial charge in [-0.1, -0.05) is 27.7 Å². The Morgan fingerprint density at radius 3 is 2.33 bits per heavy atom. The van der Waals surface area contributed by atoms with Gasteiger partial charge in [0.15, 0.2) is 0 Å². The zero-order valence-corrected chi connectivity index (χ0v) is 13.9. The first-order valence-corrected chi connectivity index (χ1v) is 7.90. The number of rotatable bonds is 4. The molecule has 1 aliphatic carbocycles. The van der Waals surface area contributed by atoms with Crippen LogP contribution in [0, 0.1) is 5.41 Å². The Balaban J connectivity index is 2.25. The molecule has 5 nitrogen and oxygen atoms in total. The second kappa shape index (κ2) is 5.59. The van der Waals surface area contributed by atoms with Crippen LogP contribution in [0.25, 0.3) is 0 Å². The molecule has 1 heterocycles. The zero-order valence-electron chi connectivity index (χ0n) is 13.9. The van der Waals surface area contributed by atoms with Crippen LogP contribution >= 0.6 is 0 Å². The molecule has 0 aromatic rings. The highest BCUT2D eigenvalue weighted by Gasteiger charge is 2.48. The van der Waals surface area contributed by atoms with Gasteiger partial charge in [0.25, 0.3) is 0 Å². The SMILES string of the molecule is CCC1C(=O)NC(C(C)(C)C)C(=O)N1CC1(OC)CCC1. The number of amides is 2. The van der Waals surface area contributed by atoms with E-state index in [9.17, 15) is 9.59 Å². The van der Waals surface area contributed by atoms with Crippen LogP contribution in [0.2, 0.25) is 0 Å². The van der Waals surface area contributed by atoms with E-state index in [0.29, 0.717) is 13.0 Å². The van der Waals surface area contributed by atoms with Crippen molar-refractivity contribution in [2.45, 2.75) is 71.1 Å². The lowest BCUT2D eigenvalue weighted by atomic mass is 9.78. The number of hydrogen-bond acceptors (Lipinski definition) is 3. The maximum atomic E-state index is 12.9.